The molecule has 0 N–H and O–H groups in total. The molecule has 1 aliphatic heterocycles. The van der Waals surface area contributed by atoms with Gasteiger partial charge in [-0.25, -0.2) is 9.97 Å². The third kappa shape index (κ3) is 3.13. The van der Waals surface area contributed by atoms with Crippen molar-refractivity contribution in [1.29, 1.82) is 0 Å². The largest absolute Gasteiger partial charge is 0.356 e. The van der Waals surface area contributed by atoms with E-state index in [0.29, 0.717) is 23.0 Å². The van der Waals surface area contributed by atoms with Crippen molar-refractivity contribution in [3.63, 3.8) is 0 Å². The predicted octanol–water partition coefficient (Wildman–Crippen LogP) is 0.871. The molecule has 4 rings (SSSR count). The first-order valence-corrected chi connectivity index (χ1v) is 9.11. The van der Waals surface area contributed by atoms with E-state index in [4.69, 9.17) is 0 Å². The summed E-state index contributed by atoms with van der Waals surface area (Å²) in [5.74, 6) is 1.63. The van der Waals surface area contributed by atoms with Crippen LogP contribution in [-0.4, -0.2) is 55.5 Å². The zero-order valence-electron chi connectivity index (χ0n) is 16.1. The standard InChI is InChI=1S/C18H24N8O/c1-12-9-15(20-11-19-12)24(3)13-5-7-26(8-6-13)18-21-16-14(10-23(2)22-16)17(27)25(18)4/h9-11,13H,5-8H2,1-4H3. The number of aryl methyl sites for hydroxylation is 2. The quantitative estimate of drug-likeness (QED) is 0.678. The summed E-state index contributed by atoms with van der Waals surface area (Å²) in [6.07, 6.45) is 5.27. The van der Waals surface area contributed by atoms with Crippen LogP contribution in [0.15, 0.2) is 23.4 Å². The highest BCUT2D eigenvalue weighted by Crippen LogP contribution is 2.23. The van der Waals surface area contributed by atoms with Crippen LogP contribution < -0.4 is 15.4 Å². The second-order valence-electron chi connectivity index (χ2n) is 7.16. The average molecular weight is 368 g/mol. The highest BCUT2D eigenvalue weighted by Gasteiger charge is 2.26. The van der Waals surface area contributed by atoms with Crippen molar-refractivity contribution in [2.24, 2.45) is 14.1 Å². The number of fused-ring (bicyclic) bond motifs is 1. The lowest BCUT2D eigenvalue weighted by molar-refractivity contribution is 0.471. The zero-order valence-corrected chi connectivity index (χ0v) is 16.1. The molecule has 9 nitrogen and oxygen atoms in total. The first-order chi connectivity index (χ1) is 12.9. The van der Waals surface area contributed by atoms with Gasteiger partial charge in [0.25, 0.3) is 5.56 Å². The molecule has 0 bridgehead atoms. The smallest absolute Gasteiger partial charge is 0.265 e. The Hall–Kier alpha value is -2.97. The van der Waals surface area contributed by atoms with E-state index in [1.54, 1.807) is 35.9 Å². The van der Waals surface area contributed by atoms with Crippen LogP contribution in [0.1, 0.15) is 18.5 Å². The summed E-state index contributed by atoms with van der Waals surface area (Å²) in [5, 5.41) is 4.86. The number of rotatable bonds is 3. The SMILES string of the molecule is Cc1cc(N(C)C2CCN(c3nc4nn(C)cc4c(=O)n3C)CC2)ncn1. The molecule has 9 heteroatoms. The van der Waals surface area contributed by atoms with Crippen molar-refractivity contribution in [1.82, 2.24) is 29.3 Å². The fraction of sp³-hybridized carbons (Fsp3) is 0.500. The van der Waals surface area contributed by atoms with Gasteiger partial charge in [0.15, 0.2) is 5.65 Å². The molecule has 1 aliphatic rings. The molecule has 0 aromatic carbocycles. The van der Waals surface area contributed by atoms with E-state index < -0.39 is 0 Å². The number of nitrogens with zero attached hydrogens (tertiary/aromatic N) is 8. The molecule has 3 aromatic heterocycles. The van der Waals surface area contributed by atoms with Crippen LogP contribution in [0.25, 0.3) is 11.0 Å². The van der Waals surface area contributed by atoms with E-state index in [1.165, 1.54) is 0 Å². The molecule has 27 heavy (non-hydrogen) atoms. The minimum absolute atomic E-state index is 0.0567. The Morgan fingerprint density at radius 3 is 2.63 bits per heavy atom. The summed E-state index contributed by atoms with van der Waals surface area (Å²) in [6, 6.07) is 2.40. The van der Waals surface area contributed by atoms with Gasteiger partial charge in [-0.1, -0.05) is 0 Å². The molecule has 0 aliphatic carbocycles. The van der Waals surface area contributed by atoms with Gasteiger partial charge in [0, 0.05) is 58.2 Å². The summed E-state index contributed by atoms with van der Waals surface area (Å²) >= 11 is 0. The van der Waals surface area contributed by atoms with E-state index in [9.17, 15) is 4.79 Å². The maximum absolute atomic E-state index is 12.6. The first kappa shape index (κ1) is 17.4. The lowest BCUT2D eigenvalue weighted by atomic mass is 10.0. The van der Waals surface area contributed by atoms with Crippen LogP contribution >= 0.6 is 0 Å². The highest BCUT2D eigenvalue weighted by molar-refractivity contribution is 5.74. The van der Waals surface area contributed by atoms with Crippen LogP contribution in [0, 0.1) is 6.92 Å². The van der Waals surface area contributed by atoms with Gasteiger partial charge in [-0.15, -0.1) is 0 Å². The van der Waals surface area contributed by atoms with Gasteiger partial charge >= 0.3 is 0 Å². The van der Waals surface area contributed by atoms with Crippen LogP contribution in [0.2, 0.25) is 0 Å². The topological polar surface area (TPSA) is 85.0 Å². The lowest BCUT2D eigenvalue weighted by Crippen LogP contribution is -2.45. The third-order valence-electron chi connectivity index (χ3n) is 5.30. The number of piperidine rings is 1. The maximum atomic E-state index is 12.6. The molecule has 0 radical (unpaired) electrons. The van der Waals surface area contributed by atoms with Crippen molar-refractivity contribution in [2.45, 2.75) is 25.8 Å². The fourth-order valence-electron chi connectivity index (χ4n) is 3.71. The van der Waals surface area contributed by atoms with E-state index >= 15 is 0 Å². The van der Waals surface area contributed by atoms with Crippen LogP contribution in [-0.2, 0) is 14.1 Å². The Labute approximate surface area is 157 Å². The van der Waals surface area contributed by atoms with E-state index in [2.05, 4.69) is 36.9 Å². The summed E-state index contributed by atoms with van der Waals surface area (Å²) < 4.78 is 3.26. The normalized spacial score (nSPS) is 15.5. The van der Waals surface area contributed by atoms with Gasteiger partial charge in [-0.3, -0.25) is 14.0 Å². The fourth-order valence-corrected chi connectivity index (χ4v) is 3.71. The van der Waals surface area contributed by atoms with Crippen molar-refractivity contribution in [2.75, 3.05) is 29.9 Å². The van der Waals surface area contributed by atoms with Crippen LogP contribution in [0.5, 0.6) is 0 Å². The Morgan fingerprint density at radius 2 is 1.93 bits per heavy atom. The first-order valence-electron chi connectivity index (χ1n) is 9.11. The van der Waals surface area contributed by atoms with Gasteiger partial charge in [-0.05, 0) is 19.8 Å². The zero-order chi connectivity index (χ0) is 19.1. The molecule has 1 saturated heterocycles. The van der Waals surface area contributed by atoms with Gasteiger partial charge in [0.2, 0.25) is 5.95 Å². The molecule has 0 atom stereocenters. The second kappa shape index (κ2) is 6.64. The number of aromatic nitrogens is 6. The number of hydrogen-bond acceptors (Lipinski definition) is 7. The van der Waals surface area contributed by atoms with Gasteiger partial charge < -0.3 is 9.80 Å². The van der Waals surface area contributed by atoms with Crippen LogP contribution in [0.3, 0.4) is 0 Å². The molecule has 0 amide bonds. The number of anilines is 2. The monoisotopic (exact) mass is 368 g/mol. The van der Waals surface area contributed by atoms with E-state index in [-0.39, 0.29) is 5.56 Å². The van der Waals surface area contributed by atoms with Gasteiger partial charge in [-0.2, -0.15) is 10.1 Å². The predicted molar refractivity (Wildman–Crippen MR) is 104 cm³/mol. The Kier molecular flexibility index (Phi) is 4.29. The molecule has 0 spiro atoms. The van der Waals surface area contributed by atoms with E-state index in [1.807, 2.05) is 13.0 Å². The number of hydrogen-bond donors (Lipinski definition) is 0. The summed E-state index contributed by atoms with van der Waals surface area (Å²) in [6.45, 7) is 3.64. The molecule has 0 unspecified atom stereocenters. The van der Waals surface area contributed by atoms with Crippen LogP contribution in [0.4, 0.5) is 11.8 Å². The van der Waals surface area contributed by atoms with Crippen molar-refractivity contribution in [3.8, 4) is 0 Å². The molecular weight excluding hydrogens is 344 g/mol. The molecule has 0 saturated carbocycles. The minimum atomic E-state index is -0.0567. The van der Waals surface area contributed by atoms with Gasteiger partial charge in [0.1, 0.15) is 17.5 Å². The summed E-state index contributed by atoms with van der Waals surface area (Å²) in [7, 11) is 5.66. The molecular formula is C18H24N8O. The Balaban J connectivity index is 1.53. The van der Waals surface area contributed by atoms with Crippen molar-refractivity contribution in [3.05, 3.63) is 34.6 Å². The minimum Gasteiger partial charge on any atom is -0.356 e. The van der Waals surface area contributed by atoms with Crippen molar-refractivity contribution < 1.29 is 0 Å². The highest BCUT2D eigenvalue weighted by atomic mass is 16.1. The van der Waals surface area contributed by atoms with Crippen molar-refractivity contribution >= 4 is 22.8 Å². The average Bonchev–Trinajstić information content (AvgIpc) is 3.05. The summed E-state index contributed by atoms with van der Waals surface area (Å²) in [5.41, 5.74) is 1.41. The third-order valence-corrected chi connectivity index (χ3v) is 5.30. The molecule has 4 heterocycles. The maximum Gasteiger partial charge on any atom is 0.265 e. The van der Waals surface area contributed by atoms with E-state index in [0.717, 1.165) is 37.4 Å². The Morgan fingerprint density at radius 1 is 1.19 bits per heavy atom. The second-order valence-corrected chi connectivity index (χ2v) is 7.16. The summed E-state index contributed by atoms with van der Waals surface area (Å²) in [4.78, 5) is 30.2. The molecule has 142 valence electrons. The molecule has 1 fully saturated rings. The molecule has 3 aromatic rings. The lowest BCUT2D eigenvalue weighted by Gasteiger charge is -2.38. The van der Waals surface area contributed by atoms with Gasteiger partial charge in [0.05, 0.1) is 0 Å². The Bertz CT molecular complexity index is 1030.